The summed E-state index contributed by atoms with van der Waals surface area (Å²) in [4.78, 5) is 16.7. The summed E-state index contributed by atoms with van der Waals surface area (Å²) >= 11 is 4.04. The molecule has 0 aliphatic rings. The van der Waals surface area contributed by atoms with Crippen molar-refractivity contribution in [2.24, 2.45) is 5.16 Å². The molecule has 1 N–H and O–H groups in total. The van der Waals surface area contributed by atoms with Crippen LogP contribution in [0.1, 0.15) is 53.7 Å². The topological polar surface area (TPSA) is 63.8 Å². The number of benzene rings is 2. The van der Waals surface area contributed by atoms with Crippen molar-refractivity contribution in [1.82, 2.24) is 4.57 Å². The molecular weight excluding hydrogens is 452 g/mol. The number of hydrogen-bond acceptors (Lipinski definition) is 5. The van der Waals surface area contributed by atoms with E-state index >= 15 is 0 Å². The first kappa shape index (κ1) is 25.2. The molecule has 0 unspecified atom stereocenters. The van der Waals surface area contributed by atoms with Gasteiger partial charge in [-0.1, -0.05) is 61.5 Å². The summed E-state index contributed by atoms with van der Waals surface area (Å²) in [6.07, 6.45) is 2.30. The third kappa shape index (κ3) is 5.76. The summed E-state index contributed by atoms with van der Waals surface area (Å²) in [6, 6.07) is 16.1. The smallest absolute Gasteiger partial charge is 0.358 e. The lowest BCUT2D eigenvalue weighted by Gasteiger charge is -2.18. The molecule has 7 heteroatoms. The Morgan fingerprint density at radius 1 is 1.06 bits per heavy atom. The fourth-order valence-corrected chi connectivity index (χ4v) is 6.77. The van der Waals surface area contributed by atoms with E-state index in [4.69, 9.17) is 4.84 Å². The van der Waals surface area contributed by atoms with Crippen molar-refractivity contribution in [3.8, 4) is 0 Å². The Hall–Kier alpha value is -2.38. The van der Waals surface area contributed by atoms with Gasteiger partial charge in [0.15, 0.2) is 5.71 Å². The maximum atomic E-state index is 11.8. The molecule has 0 radical (unpaired) electrons. The molecule has 0 atom stereocenters. The number of nitrogens with zero attached hydrogens (tertiary/aromatic N) is 2. The van der Waals surface area contributed by atoms with Crippen LogP contribution >= 0.6 is 23.5 Å². The van der Waals surface area contributed by atoms with Gasteiger partial charge < -0.3 is 14.5 Å². The Bertz CT molecular complexity index is 1120. The monoisotopic (exact) mass is 484 g/mol. The van der Waals surface area contributed by atoms with Crippen LogP contribution in [0.5, 0.6) is 0 Å². The molecule has 5 nitrogen and oxygen atoms in total. The number of carboxylic acids is 1. The Labute approximate surface area is 204 Å². The van der Waals surface area contributed by atoms with Crippen LogP contribution < -0.4 is 0 Å². The van der Waals surface area contributed by atoms with E-state index in [2.05, 4.69) is 54.8 Å². The summed E-state index contributed by atoms with van der Waals surface area (Å²) in [5.74, 6) is 1.14. The highest BCUT2D eigenvalue weighted by Crippen LogP contribution is 2.45. The van der Waals surface area contributed by atoms with E-state index in [1.165, 1.54) is 29.3 Å². The molecule has 0 fully saturated rings. The summed E-state index contributed by atoms with van der Waals surface area (Å²) in [5.41, 5.74) is 5.15. The zero-order chi connectivity index (χ0) is 23.8. The van der Waals surface area contributed by atoms with Crippen molar-refractivity contribution < 1.29 is 14.7 Å². The maximum absolute atomic E-state index is 11.8. The number of thioether (sulfide) groups is 2. The van der Waals surface area contributed by atoms with Gasteiger partial charge in [0.25, 0.3) is 0 Å². The van der Waals surface area contributed by atoms with Gasteiger partial charge in [0.1, 0.15) is 7.11 Å². The van der Waals surface area contributed by atoms with E-state index in [1.807, 2.05) is 41.7 Å². The highest BCUT2D eigenvalue weighted by molar-refractivity contribution is 8.16. The second-order valence-corrected chi connectivity index (χ2v) is 10.5. The van der Waals surface area contributed by atoms with Gasteiger partial charge in [0.05, 0.1) is 4.58 Å². The number of carboxylic acid groups (broad SMARTS) is 1. The van der Waals surface area contributed by atoms with E-state index in [1.54, 1.807) is 6.07 Å². The summed E-state index contributed by atoms with van der Waals surface area (Å²) < 4.78 is 2.68. The van der Waals surface area contributed by atoms with Crippen LogP contribution in [-0.4, -0.2) is 40.0 Å². The minimum Gasteiger partial charge on any atom is -0.476 e. The number of para-hydroxylation sites is 1. The molecule has 1 heterocycles. The van der Waals surface area contributed by atoms with E-state index in [0.717, 1.165) is 29.9 Å². The lowest BCUT2D eigenvalue weighted by Crippen LogP contribution is -2.18. The molecule has 0 amide bonds. The molecule has 0 aliphatic carbocycles. The molecule has 0 bridgehead atoms. The van der Waals surface area contributed by atoms with Crippen LogP contribution in [0.2, 0.25) is 0 Å². The SMILES string of the molecule is CCCSC(SCCC)c1c(C)n(Cc2ccccc2C(=NOC)C(=O)O)c2ccccc12. The van der Waals surface area contributed by atoms with Crippen molar-refractivity contribution in [1.29, 1.82) is 0 Å². The second-order valence-electron chi connectivity index (χ2n) is 7.76. The number of hydrogen-bond donors (Lipinski definition) is 1. The second kappa shape index (κ2) is 12.2. The predicted octanol–water partition coefficient (Wildman–Crippen LogP) is 6.72. The molecule has 2 aromatic carbocycles. The largest absolute Gasteiger partial charge is 0.476 e. The van der Waals surface area contributed by atoms with Gasteiger partial charge in [0, 0.05) is 34.3 Å². The van der Waals surface area contributed by atoms with Gasteiger partial charge in [-0.25, -0.2) is 4.79 Å². The predicted molar refractivity (Wildman–Crippen MR) is 142 cm³/mol. The zero-order valence-corrected chi connectivity index (χ0v) is 21.3. The maximum Gasteiger partial charge on any atom is 0.358 e. The van der Waals surface area contributed by atoms with Crippen molar-refractivity contribution in [3.63, 3.8) is 0 Å². The Balaban J connectivity index is 2.12. The Morgan fingerprint density at radius 2 is 1.70 bits per heavy atom. The first-order valence-corrected chi connectivity index (χ1v) is 13.4. The number of aliphatic carboxylic acids is 1. The molecule has 0 spiro atoms. The number of rotatable bonds is 12. The molecule has 176 valence electrons. The van der Waals surface area contributed by atoms with Gasteiger partial charge in [-0.05, 0) is 42.9 Å². The quantitative estimate of drug-likeness (QED) is 0.176. The Morgan fingerprint density at radius 3 is 2.33 bits per heavy atom. The van der Waals surface area contributed by atoms with Gasteiger partial charge >= 0.3 is 5.97 Å². The number of aromatic nitrogens is 1. The van der Waals surface area contributed by atoms with Crippen molar-refractivity contribution in [3.05, 3.63) is 70.9 Å². The summed E-state index contributed by atoms with van der Waals surface area (Å²) in [6.45, 7) is 7.19. The van der Waals surface area contributed by atoms with Crippen LogP contribution in [0.25, 0.3) is 10.9 Å². The van der Waals surface area contributed by atoms with Crippen LogP contribution in [0.3, 0.4) is 0 Å². The van der Waals surface area contributed by atoms with Gasteiger partial charge in [-0.15, -0.1) is 23.5 Å². The van der Waals surface area contributed by atoms with E-state index in [0.29, 0.717) is 16.7 Å². The normalized spacial score (nSPS) is 12.0. The van der Waals surface area contributed by atoms with Crippen LogP contribution in [0, 0.1) is 6.92 Å². The molecular formula is C26H32N2O3S2. The summed E-state index contributed by atoms with van der Waals surface area (Å²) in [7, 11) is 1.36. The number of fused-ring (bicyclic) bond motifs is 1. The van der Waals surface area contributed by atoms with Gasteiger partial charge in [-0.2, -0.15) is 0 Å². The van der Waals surface area contributed by atoms with Crippen LogP contribution in [0.4, 0.5) is 0 Å². The van der Waals surface area contributed by atoms with Crippen LogP contribution in [-0.2, 0) is 16.2 Å². The third-order valence-corrected chi connectivity index (χ3v) is 8.63. The molecule has 0 saturated carbocycles. The standard InChI is InChI=1S/C26H32N2O3S2/c1-5-15-32-26(33-16-6-2)23-18(3)28(22-14-10-9-13-21(22)23)17-19-11-7-8-12-20(19)24(25(29)30)27-31-4/h7-14,26H,5-6,15-17H2,1-4H3,(H,29,30). The molecule has 3 aromatic rings. The molecule has 1 aromatic heterocycles. The van der Waals surface area contributed by atoms with Crippen molar-refractivity contribution in [2.75, 3.05) is 18.6 Å². The van der Waals surface area contributed by atoms with Crippen LogP contribution in [0.15, 0.2) is 53.7 Å². The number of oxime groups is 1. The van der Waals surface area contributed by atoms with E-state index < -0.39 is 5.97 Å². The third-order valence-electron chi connectivity index (χ3n) is 5.45. The molecule has 3 rings (SSSR count). The minimum atomic E-state index is -1.11. The average molecular weight is 485 g/mol. The van der Waals surface area contributed by atoms with E-state index in [-0.39, 0.29) is 5.71 Å². The van der Waals surface area contributed by atoms with Crippen molar-refractivity contribution in [2.45, 2.75) is 44.7 Å². The highest BCUT2D eigenvalue weighted by atomic mass is 32.2. The minimum absolute atomic E-state index is 0.0858. The average Bonchev–Trinajstić information content (AvgIpc) is 3.09. The van der Waals surface area contributed by atoms with Gasteiger partial charge in [0.2, 0.25) is 0 Å². The lowest BCUT2D eigenvalue weighted by molar-refractivity contribution is -0.129. The molecule has 0 saturated heterocycles. The van der Waals surface area contributed by atoms with Gasteiger partial charge in [-0.3, -0.25) is 0 Å². The molecule has 0 aliphatic heterocycles. The van der Waals surface area contributed by atoms with E-state index in [9.17, 15) is 9.90 Å². The zero-order valence-electron chi connectivity index (χ0n) is 19.7. The first-order chi connectivity index (χ1) is 16.0. The fraction of sp³-hybridized carbons (Fsp3) is 0.385. The number of carbonyl (C=O) groups is 1. The molecule has 33 heavy (non-hydrogen) atoms. The lowest BCUT2D eigenvalue weighted by atomic mass is 10.0. The Kier molecular flexibility index (Phi) is 9.32. The first-order valence-electron chi connectivity index (χ1n) is 11.3. The summed E-state index contributed by atoms with van der Waals surface area (Å²) in [5, 5.41) is 14.7. The fourth-order valence-electron chi connectivity index (χ4n) is 3.98. The van der Waals surface area contributed by atoms with Crippen molar-refractivity contribution >= 4 is 46.1 Å². The highest BCUT2D eigenvalue weighted by Gasteiger charge is 2.24.